The molecule has 0 aliphatic carbocycles. The predicted molar refractivity (Wildman–Crippen MR) is 69.3 cm³/mol. The molecule has 0 bridgehead atoms. The van der Waals surface area contributed by atoms with Crippen molar-refractivity contribution in [3.8, 4) is 0 Å². The van der Waals surface area contributed by atoms with Crippen LogP contribution in [0.3, 0.4) is 0 Å². The summed E-state index contributed by atoms with van der Waals surface area (Å²) in [7, 11) is -2.05. The van der Waals surface area contributed by atoms with Crippen LogP contribution in [0, 0.1) is 6.92 Å². The van der Waals surface area contributed by atoms with Crippen LogP contribution >= 0.6 is 11.3 Å². The van der Waals surface area contributed by atoms with Gasteiger partial charge in [0.25, 0.3) is 0 Å². The topological polar surface area (TPSA) is 106 Å². The quantitative estimate of drug-likeness (QED) is 0.690. The minimum absolute atomic E-state index is 0.0483. The van der Waals surface area contributed by atoms with Crippen molar-refractivity contribution < 1.29 is 13.2 Å². The van der Waals surface area contributed by atoms with Gasteiger partial charge in [-0.05, 0) is 6.92 Å². The minimum atomic E-state index is -3.70. The summed E-state index contributed by atoms with van der Waals surface area (Å²) in [5.41, 5.74) is 0.421. The highest BCUT2D eigenvalue weighted by Crippen LogP contribution is 2.27. The van der Waals surface area contributed by atoms with E-state index in [1.165, 1.54) is 0 Å². The molecule has 4 N–H and O–H groups in total. The maximum absolute atomic E-state index is 11.3. The van der Waals surface area contributed by atoms with Crippen LogP contribution in [0.4, 0.5) is 5.13 Å². The van der Waals surface area contributed by atoms with E-state index in [-0.39, 0.29) is 16.4 Å². The lowest BCUT2D eigenvalue weighted by molar-refractivity contribution is 0.111. The SMILES string of the molecule is CO[C@H]1CNCC1Nc1nc(C)c(S(N)(=O)=O)s1. The van der Waals surface area contributed by atoms with Gasteiger partial charge in [-0.2, -0.15) is 0 Å². The highest BCUT2D eigenvalue weighted by molar-refractivity contribution is 7.91. The number of thiazole rings is 1. The van der Waals surface area contributed by atoms with E-state index in [4.69, 9.17) is 9.88 Å². The molecule has 0 aromatic carbocycles. The number of nitrogens with two attached hydrogens (primary N) is 1. The van der Waals surface area contributed by atoms with Crippen molar-refractivity contribution in [2.75, 3.05) is 25.5 Å². The van der Waals surface area contributed by atoms with Crippen molar-refractivity contribution in [3.05, 3.63) is 5.69 Å². The second-order valence-electron chi connectivity index (χ2n) is 4.12. The van der Waals surface area contributed by atoms with Gasteiger partial charge in [0.05, 0.1) is 17.8 Å². The molecule has 1 unspecified atom stereocenters. The molecular formula is C9H16N4O3S2. The number of sulfonamides is 1. The third-order valence-electron chi connectivity index (χ3n) is 2.78. The summed E-state index contributed by atoms with van der Waals surface area (Å²) in [6.07, 6.45) is 0.0483. The third kappa shape index (κ3) is 2.81. The molecule has 7 nitrogen and oxygen atoms in total. The number of hydrogen-bond donors (Lipinski definition) is 3. The molecule has 0 amide bonds. The monoisotopic (exact) mass is 292 g/mol. The van der Waals surface area contributed by atoms with Crippen LogP contribution in [0.1, 0.15) is 5.69 Å². The Labute approximate surface area is 110 Å². The molecule has 1 aromatic rings. The van der Waals surface area contributed by atoms with Crippen molar-refractivity contribution in [2.45, 2.75) is 23.3 Å². The Morgan fingerprint density at radius 1 is 1.56 bits per heavy atom. The van der Waals surface area contributed by atoms with Gasteiger partial charge in [-0.1, -0.05) is 11.3 Å². The van der Waals surface area contributed by atoms with E-state index in [0.29, 0.717) is 10.8 Å². The number of primary sulfonamides is 1. The summed E-state index contributed by atoms with van der Waals surface area (Å²) in [5, 5.41) is 12.0. The van der Waals surface area contributed by atoms with Crippen LogP contribution < -0.4 is 15.8 Å². The second kappa shape index (κ2) is 5.10. The Kier molecular flexibility index (Phi) is 3.87. The van der Waals surface area contributed by atoms with Crippen LogP contribution in [0.2, 0.25) is 0 Å². The summed E-state index contributed by atoms with van der Waals surface area (Å²) in [6, 6.07) is 0.0777. The fraction of sp³-hybridized carbons (Fsp3) is 0.667. The Hall–Kier alpha value is -0.740. The summed E-state index contributed by atoms with van der Waals surface area (Å²) in [5.74, 6) is 0. The lowest BCUT2D eigenvalue weighted by Crippen LogP contribution is -2.33. The number of nitrogens with zero attached hydrogens (tertiary/aromatic N) is 1. The zero-order valence-corrected chi connectivity index (χ0v) is 11.8. The van der Waals surface area contributed by atoms with E-state index in [0.717, 1.165) is 24.4 Å². The number of ether oxygens (including phenoxy) is 1. The van der Waals surface area contributed by atoms with Crippen LogP contribution in [0.15, 0.2) is 4.21 Å². The molecule has 1 aliphatic rings. The Morgan fingerprint density at radius 2 is 2.28 bits per heavy atom. The number of anilines is 1. The first-order valence-corrected chi connectivity index (χ1v) is 7.78. The number of rotatable bonds is 4. The smallest absolute Gasteiger partial charge is 0.249 e. The number of aromatic nitrogens is 1. The fourth-order valence-electron chi connectivity index (χ4n) is 1.91. The highest BCUT2D eigenvalue weighted by atomic mass is 32.2. The van der Waals surface area contributed by atoms with Crippen LogP contribution in [-0.4, -0.2) is 45.7 Å². The number of aryl methyl sites for hydroxylation is 1. The number of nitrogens with one attached hydrogen (secondary N) is 2. The van der Waals surface area contributed by atoms with E-state index in [2.05, 4.69) is 15.6 Å². The van der Waals surface area contributed by atoms with Crippen molar-refractivity contribution >= 4 is 26.5 Å². The summed E-state index contributed by atoms with van der Waals surface area (Å²) in [4.78, 5) is 4.17. The van der Waals surface area contributed by atoms with Gasteiger partial charge in [0.2, 0.25) is 10.0 Å². The molecule has 0 saturated carbocycles. The minimum Gasteiger partial charge on any atom is -0.378 e. The number of hydrogen-bond acceptors (Lipinski definition) is 7. The van der Waals surface area contributed by atoms with Crippen molar-refractivity contribution in [1.29, 1.82) is 0 Å². The third-order valence-corrected chi connectivity index (χ3v) is 5.43. The maximum Gasteiger partial charge on any atom is 0.249 e. The van der Waals surface area contributed by atoms with E-state index < -0.39 is 10.0 Å². The standard InChI is InChI=1S/C9H16N4O3S2/c1-5-8(18(10,14)15)17-9(12-5)13-6-3-11-4-7(6)16-2/h6-7,11H,3-4H2,1-2H3,(H,12,13)(H2,10,14,15)/t6?,7-/m0/s1. The average molecular weight is 292 g/mol. The number of methoxy groups -OCH3 is 1. The van der Waals surface area contributed by atoms with Crippen molar-refractivity contribution in [3.63, 3.8) is 0 Å². The van der Waals surface area contributed by atoms with Crippen LogP contribution in [0.5, 0.6) is 0 Å². The molecular weight excluding hydrogens is 276 g/mol. The molecule has 102 valence electrons. The molecule has 18 heavy (non-hydrogen) atoms. The molecule has 1 saturated heterocycles. The maximum atomic E-state index is 11.3. The summed E-state index contributed by atoms with van der Waals surface area (Å²) >= 11 is 1.05. The fourth-order valence-corrected chi connectivity index (χ4v) is 3.83. The van der Waals surface area contributed by atoms with Crippen LogP contribution in [-0.2, 0) is 14.8 Å². The van der Waals surface area contributed by atoms with Gasteiger partial charge in [0.1, 0.15) is 0 Å². The average Bonchev–Trinajstić information content (AvgIpc) is 2.84. The highest BCUT2D eigenvalue weighted by Gasteiger charge is 2.28. The van der Waals surface area contributed by atoms with Crippen LogP contribution in [0.25, 0.3) is 0 Å². The van der Waals surface area contributed by atoms with E-state index >= 15 is 0 Å². The molecule has 9 heteroatoms. The molecule has 1 aliphatic heterocycles. The molecule has 1 fully saturated rings. The van der Waals surface area contributed by atoms with Gasteiger partial charge in [-0.25, -0.2) is 18.5 Å². The molecule has 2 rings (SSSR count). The molecule has 2 heterocycles. The van der Waals surface area contributed by atoms with Gasteiger partial charge in [-0.3, -0.25) is 0 Å². The Balaban J connectivity index is 2.16. The molecule has 2 atom stereocenters. The first-order chi connectivity index (χ1) is 8.41. The first kappa shape index (κ1) is 13.7. The molecule has 0 spiro atoms. The van der Waals surface area contributed by atoms with Gasteiger partial charge < -0.3 is 15.4 Å². The van der Waals surface area contributed by atoms with E-state index in [1.807, 2.05) is 0 Å². The molecule has 0 radical (unpaired) electrons. The summed E-state index contributed by atoms with van der Waals surface area (Å²) in [6.45, 7) is 3.14. The van der Waals surface area contributed by atoms with Crippen molar-refractivity contribution in [2.24, 2.45) is 5.14 Å². The van der Waals surface area contributed by atoms with E-state index in [1.54, 1.807) is 14.0 Å². The lowest BCUT2D eigenvalue weighted by Gasteiger charge is -2.17. The summed E-state index contributed by atoms with van der Waals surface area (Å²) < 4.78 is 28.0. The van der Waals surface area contributed by atoms with Gasteiger partial charge in [-0.15, -0.1) is 0 Å². The van der Waals surface area contributed by atoms with E-state index in [9.17, 15) is 8.42 Å². The van der Waals surface area contributed by atoms with Gasteiger partial charge >= 0.3 is 0 Å². The zero-order valence-electron chi connectivity index (χ0n) is 10.1. The normalized spacial score (nSPS) is 24.4. The van der Waals surface area contributed by atoms with Gasteiger partial charge in [0.15, 0.2) is 9.34 Å². The predicted octanol–water partition coefficient (Wildman–Crippen LogP) is -0.502. The first-order valence-electron chi connectivity index (χ1n) is 5.42. The molecule has 1 aromatic heterocycles. The van der Waals surface area contributed by atoms with Gasteiger partial charge in [0, 0.05) is 20.2 Å². The lowest BCUT2D eigenvalue weighted by atomic mass is 10.2. The Morgan fingerprint density at radius 3 is 2.83 bits per heavy atom. The Bertz CT molecular complexity index is 528. The van der Waals surface area contributed by atoms with Crippen molar-refractivity contribution in [1.82, 2.24) is 10.3 Å². The largest absolute Gasteiger partial charge is 0.378 e. The zero-order chi connectivity index (χ0) is 13.3. The second-order valence-corrected chi connectivity index (χ2v) is 6.88.